The summed E-state index contributed by atoms with van der Waals surface area (Å²) in [7, 11) is 0. The summed E-state index contributed by atoms with van der Waals surface area (Å²) < 4.78 is 0. The molecule has 0 bridgehead atoms. The van der Waals surface area contributed by atoms with Gasteiger partial charge in [-0.25, -0.2) is 0 Å². The second-order valence-corrected chi connectivity index (χ2v) is 4.17. The molecule has 0 aliphatic carbocycles. The van der Waals surface area contributed by atoms with Crippen molar-refractivity contribution in [3.8, 4) is 0 Å². The molecular weight excluding hydrogens is 134 g/mol. The fraction of sp³-hybridized carbons (Fsp3) is 0.900. The van der Waals surface area contributed by atoms with Gasteiger partial charge in [0, 0.05) is 6.54 Å². The minimum Gasteiger partial charge on any atom is -0.303 e. The summed E-state index contributed by atoms with van der Waals surface area (Å²) in [5, 5.41) is 0. The van der Waals surface area contributed by atoms with Crippen molar-refractivity contribution in [3.05, 3.63) is 5.92 Å². The first-order chi connectivity index (χ1) is 5.18. The summed E-state index contributed by atoms with van der Waals surface area (Å²) in [6.45, 7) is 10.6. The van der Waals surface area contributed by atoms with Gasteiger partial charge in [0.25, 0.3) is 0 Å². The lowest BCUT2D eigenvalue weighted by atomic mass is 9.98. The Kier molecular flexibility index (Phi) is 3.38. The van der Waals surface area contributed by atoms with E-state index in [1.165, 1.54) is 32.5 Å². The van der Waals surface area contributed by atoms with Gasteiger partial charge in [-0.15, -0.1) is 0 Å². The van der Waals surface area contributed by atoms with Crippen LogP contribution in [0.25, 0.3) is 0 Å². The summed E-state index contributed by atoms with van der Waals surface area (Å²) in [5.41, 5.74) is 0. The number of rotatable bonds is 2. The molecule has 0 aromatic carbocycles. The zero-order chi connectivity index (χ0) is 8.27. The molecular formula is C10H20N. The van der Waals surface area contributed by atoms with Crippen LogP contribution in [-0.2, 0) is 0 Å². The normalized spacial score (nSPS) is 22.9. The molecule has 1 aliphatic rings. The van der Waals surface area contributed by atoms with Crippen molar-refractivity contribution < 1.29 is 0 Å². The highest BCUT2D eigenvalue weighted by molar-refractivity contribution is 4.83. The Morgan fingerprint density at radius 2 is 1.82 bits per heavy atom. The molecule has 0 saturated carbocycles. The van der Waals surface area contributed by atoms with E-state index in [1.807, 2.05) is 0 Å². The van der Waals surface area contributed by atoms with Crippen LogP contribution in [0.3, 0.4) is 0 Å². The third-order valence-corrected chi connectivity index (χ3v) is 2.42. The number of piperidine rings is 1. The van der Waals surface area contributed by atoms with Gasteiger partial charge < -0.3 is 4.90 Å². The lowest BCUT2D eigenvalue weighted by Gasteiger charge is -2.31. The molecule has 1 heterocycles. The topological polar surface area (TPSA) is 3.24 Å². The van der Waals surface area contributed by atoms with Gasteiger partial charge in [-0.2, -0.15) is 0 Å². The largest absolute Gasteiger partial charge is 0.303 e. The van der Waals surface area contributed by atoms with Gasteiger partial charge in [0.1, 0.15) is 0 Å². The number of likely N-dealkylation sites (tertiary alicyclic amines) is 1. The standard InChI is InChI=1S/C10H20N/c1-9(2)8-11-6-4-10(3)5-7-11/h10H,4-8H2,1-3H3. The average Bonchev–Trinajstić information content (AvgIpc) is 1.93. The summed E-state index contributed by atoms with van der Waals surface area (Å²) >= 11 is 0. The fourth-order valence-electron chi connectivity index (χ4n) is 1.67. The SMILES string of the molecule is C[C](C)CN1CCC(C)CC1. The van der Waals surface area contributed by atoms with Crippen LogP contribution in [0.2, 0.25) is 0 Å². The van der Waals surface area contributed by atoms with Crippen LogP contribution in [-0.4, -0.2) is 24.5 Å². The van der Waals surface area contributed by atoms with Crippen LogP contribution >= 0.6 is 0 Å². The Balaban J connectivity index is 2.17. The number of hydrogen-bond acceptors (Lipinski definition) is 1. The average molecular weight is 154 g/mol. The van der Waals surface area contributed by atoms with Crippen LogP contribution in [0.5, 0.6) is 0 Å². The van der Waals surface area contributed by atoms with Crippen LogP contribution in [0.4, 0.5) is 0 Å². The van der Waals surface area contributed by atoms with E-state index >= 15 is 0 Å². The molecule has 0 atom stereocenters. The van der Waals surface area contributed by atoms with Gasteiger partial charge in [0.15, 0.2) is 0 Å². The molecule has 0 aromatic heterocycles. The van der Waals surface area contributed by atoms with E-state index in [0.29, 0.717) is 0 Å². The molecule has 11 heavy (non-hydrogen) atoms. The van der Waals surface area contributed by atoms with E-state index in [0.717, 1.165) is 5.92 Å². The van der Waals surface area contributed by atoms with Crippen molar-refractivity contribution in [2.45, 2.75) is 33.6 Å². The Morgan fingerprint density at radius 1 is 1.27 bits per heavy atom. The maximum absolute atomic E-state index is 2.56. The van der Waals surface area contributed by atoms with E-state index < -0.39 is 0 Å². The summed E-state index contributed by atoms with van der Waals surface area (Å²) in [5.74, 6) is 2.50. The Hall–Kier alpha value is -0.0400. The second-order valence-electron chi connectivity index (χ2n) is 4.17. The van der Waals surface area contributed by atoms with Crippen LogP contribution in [0.1, 0.15) is 33.6 Å². The Bertz CT molecular complexity index is 101. The predicted molar refractivity (Wildman–Crippen MR) is 49.4 cm³/mol. The molecule has 1 fully saturated rings. The predicted octanol–water partition coefficient (Wildman–Crippen LogP) is 2.33. The molecule has 0 unspecified atom stereocenters. The first-order valence-corrected chi connectivity index (χ1v) is 4.70. The molecule has 0 aromatic rings. The van der Waals surface area contributed by atoms with Crippen molar-refractivity contribution in [2.24, 2.45) is 5.92 Å². The van der Waals surface area contributed by atoms with Crippen molar-refractivity contribution in [3.63, 3.8) is 0 Å². The smallest absolute Gasteiger partial charge is 0.00383 e. The molecule has 1 rings (SSSR count). The van der Waals surface area contributed by atoms with E-state index in [9.17, 15) is 0 Å². The number of hydrogen-bond donors (Lipinski definition) is 0. The van der Waals surface area contributed by atoms with E-state index in [-0.39, 0.29) is 0 Å². The van der Waals surface area contributed by atoms with E-state index in [4.69, 9.17) is 0 Å². The van der Waals surface area contributed by atoms with Crippen molar-refractivity contribution >= 4 is 0 Å². The molecule has 65 valence electrons. The van der Waals surface area contributed by atoms with Gasteiger partial charge in [-0.05, 0) is 37.8 Å². The molecule has 1 radical (unpaired) electrons. The Morgan fingerprint density at radius 3 is 2.27 bits per heavy atom. The first kappa shape index (κ1) is 9.05. The molecule has 0 spiro atoms. The lowest BCUT2D eigenvalue weighted by molar-refractivity contribution is 0.199. The van der Waals surface area contributed by atoms with Crippen LogP contribution in [0, 0.1) is 11.8 Å². The minimum atomic E-state index is 0.961. The lowest BCUT2D eigenvalue weighted by Crippen LogP contribution is -2.34. The van der Waals surface area contributed by atoms with Gasteiger partial charge in [0.2, 0.25) is 0 Å². The van der Waals surface area contributed by atoms with Crippen molar-refractivity contribution in [1.29, 1.82) is 0 Å². The van der Waals surface area contributed by atoms with Gasteiger partial charge >= 0.3 is 0 Å². The van der Waals surface area contributed by atoms with E-state index in [2.05, 4.69) is 25.7 Å². The second kappa shape index (κ2) is 4.10. The third-order valence-electron chi connectivity index (χ3n) is 2.42. The third kappa shape index (κ3) is 3.24. The monoisotopic (exact) mass is 154 g/mol. The van der Waals surface area contributed by atoms with Gasteiger partial charge in [-0.3, -0.25) is 0 Å². The quantitative estimate of drug-likeness (QED) is 0.590. The Labute approximate surface area is 70.8 Å². The molecule has 1 nitrogen and oxygen atoms in total. The van der Waals surface area contributed by atoms with Crippen molar-refractivity contribution in [2.75, 3.05) is 19.6 Å². The zero-order valence-corrected chi connectivity index (χ0v) is 8.06. The fourth-order valence-corrected chi connectivity index (χ4v) is 1.67. The van der Waals surface area contributed by atoms with Crippen LogP contribution < -0.4 is 0 Å². The highest BCUT2D eigenvalue weighted by Gasteiger charge is 2.15. The van der Waals surface area contributed by atoms with Crippen LogP contribution in [0.15, 0.2) is 0 Å². The minimum absolute atomic E-state index is 0.961. The van der Waals surface area contributed by atoms with E-state index in [1.54, 1.807) is 5.92 Å². The van der Waals surface area contributed by atoms with Crippen molar-refractivity contribution in [1.82, 2.24) is 4.90 Å². The molecule has 0 N–H and O–H groups in total. The van der Waals surface area contributed by atoms with Gasteiger partial charge in [-0.1, -0.05) is 20.8 Å². The highest BCUT2D eigenvalue weighted by atomic mass is 15.1. The molecule has 1 saturated heterocycles. The summed E-state index contributed by atoms with van der Waals surface area (Å²) in [6.07, 6.45) is 2.79. The number of nitrogens with zero attached hydrogens (tertiary/aromatic N) is 1. The summed E-state index contributed by atoms with van der Waals surface area (Å²) in [4.78, 5) is 2.56. The summed E-state index contributed by atoms with van der Waals surface area (Å²) in [6, 6.07) is 0. The molecule has 1 aliphatic heterocycles. The maximum Gasteiger partial charge on any atom is 0.00383 e. The molecule has 0 amide bonds. The van der Waals surface area contributed by atoms with Gasteiger partial charge in [0.05, 0.1) is 0 Å². The molecule has 1 heteroatoms. The zero-order valence-electron chi connectivity index (χ0n) is 8.06. The maximum atomic E-state index is 2.56. The highest BCUT2D eigenvalue weighted by Crippen LogP contribution is 2.16. The first-order valence-electron chi connectivity index (χ1n) is 4.70.